The van der Waals surface area contributed by atoms with Gasteiger partial charge in [0, 0.05) is 49.1 Å². The fraction of sp³-hybridized carbons (Fsp3) is 0.240. The smallest absolute Gasteiger partial charge is 0.184 e. The predicted molar refractivity (Wildman–Crippen MR) is 130 cm³/mol. The number of halogens is 1. The molecule has 0 spiro atoms. The molecular weight excluding hydrogens is 453 g/mol. The van der Waals surface area contributed by atoms with Crippen molar-refractivity contribution in [3.05, 3.63) is 84.8 Å². The Morgan fingerprint density at radius 3 is 2.68 bits per heavy atom. The van der Waals surface area contributed by atoms with Crippen molar-refractivity contribution in [1.29, 1.82) is 0 Å². The van der Waals surface area contributed by atoms with E-state index in [1.807, 2.05) is 18.2 Å². The molecule has 0 bridgehead atoms. The number of nitrogens with zero attached hydrogens (tertiary/aromatic N) is 5. The van der Waals surface area contributed by atoms with Crippen molar-refractivity contribution < 1.29 is 12.8 Å². The molecule has 2 aromatic heterocycles. The van der Waals surface area contributed by atoms with Gasteiger partial charge in [0.1, 0.15) is 18.0 Å². The number of rotatable bonds is 5. The van der Waals surface area contributed by atoms with Crippen LogP contribution in [0.5, 0.6) is 0 Å². The molecule has 3 heterocycles. The van der Waals surface area contributed by atoms with Gasteiger partial charge in [0.25, 0.3) is 0 Å². The lowest BCUT2D eigenvalue weighted by molar-refractivity contribution is 0.546. The van der Waals surface area contributed by atoms with E-state index in [-0.39, 0.29) is 22.5 Å². The molecule has 0 amide bonds. The summed E-state index contributed by atoms with van der Waals surface area (Å²) in [7, 11) is -3.56. The predicted octanol–water partition coefficient (Wildman–Crippen LogP) is 3.85. The lowest BCUT2D eigenvalue weighted by atomic mass is 10.1. The normalized spacial score (nSPS) is 16.7. The lowest BCUT2D eigenvalue weighted by Gasteiger charge is -2.42. The van der Waals surface area contributed by atoms with E-state index in [9.17, 15) is 12.8 Å². The molecule has 174 valence electrons. The van der Waals surface area contributed by atoms with E-state index in [2.05, 4.69) is 31.7 Å². The van der Waals surface area contributed by atoms with E-state index in [4.69, 9.17) is 0 Å². The first kappa shape index (κ1) is 22.2. The van der Waals surface area contributed by atoms with Crippen LogP contribution in [-0.2, 0) is 15.6 Å². The minimum atomic E-state index is -3.56. The highest BCUT2D eigenvalue weighted by Crippen LogP contribution is 2.31. The molecule has 0 N–H and O–H groups in total. The Hall–Kier alpha value is -3.59. The number of anilines is 2. The van der Waals surface area contributed by atoms with Crippen LogP contribution < -0.4 is 9.80 Å². The molecule has 1 saturated heterocycles. The summed E-state index contributed by atoms with van der Waals surface area (Å²) in [5.41, 5.74) is 1.33. The number of pyridine rings is 1. The molecule has 0 radical (unpaired) electrons. The average molecular weight is 478 g/mol. The van der Waals surface area contributed by atoms with E-state index < -0.39 is 9.84 Å². The second-order valence-electron chi connectivity index (χ2n) is 8.45. The van der Waals surface area contributed by atoms with Crippen LogP contribution in [0, 0.1) is 5.82 Å². The van der Waals surface area contributed by atoms with Crippen LogP contribution in [0.25, 0.3) is 10.8 Å². The highest BCUT2D eigenvalue weighted by Gasteiger charge is 2.26. The fourth-order valence-electron chi connectivity index (χ4n) is 4.42. The average Bonchev–Trinajstić information content (AvgIpc) is 2.84. The number of benzene rings is 2. The molecule has 9 heteroatoms. The Balaban J connectivity index is 1.41. The zero-order valence-corrected chi connectivity index (χ0v) is 19.5. The number of fused-ring (bicyclic) bond motifs is 1. The minimum Gasteiger partial charge on any atom is -0.368 e. The molecule has 7 nitrogen and oxygen atoms in total. The topological polar surface area (TPSA) is 79.3 Å². The molecule has 1 aliphatic heterocycles. The van der Waals surface area contributed by atoms with Gasteiger partial charge < -0.3 is 9.80 Å². The Morgan fingerprint density at radius 1 is 1.03 bits per heavy atom. The van der Waals surface area contributed by atoms with Crippen molar-refractivity contribution in [2.75, 3.05) is 29.4 Å². The molecule has 34 heavy (non-hydrogen) atoms. The Morgan fingerprint density at radius 2 is 1.91 bits per heavy atom. The summed E-state index contributed by atoms with van der Waals surface area (Å²) in [6.45, 7) is 4.30. The number of piperazine rings is 1. The second kappa shape index (κ2) is 8.98. The number of hydrogen-bond donors (Lipinski definition) is 0. The first-order valence-corrected chi connectivity index (χ1v) is 12.7. The number of aromatic nitrogens is 3. The highest BCUT2D eigenvalue weighted by atomic mass is 32.2. The van der Waals surface area contributed by atoms with Gasteiger partial charge in [0.2, 0.25) is 0 Å². The van der Waals surface area contributed by atoms with Gasteiger partial charge >= 0.3 is 0 Å². The first-order valence-electron chi connectivity index (χ1n) is 11.0. The van der Waals surface area contributed by atoms with Crippen molar-refractivity contribution in [1.82, 2.24) is 15.0 Å². The first-order chi connectivity index (χ1) is 16.4. The van der Waals surface area contributed by atoms with Crippen LogP contribution >= 0.6 is 0 Å². The van der Waals surface area contributed by atoms with Gasteiger partial charge in [-0.15, -0.1) is 0 Å². The van der Waals surface area contributed by atoms with Crippen LogP contribution in [-0.4, -0.2) is 49.0 Å². The lowest BCUT2D eigenvalue weighted by Crippen LogP contribution is -2.52. The van der Waals surface area contributed by atoms with Crippen molar-refractivity contribution >= 4 is 32.1 Å². The van der Waals surface area contributed by atoms with Crippen LogP contribution in [0.4, 0.5) is 15.9 Å². The Kier molecular flexibility index (Phi) is 5.87. The zero-order valence-electron chi connectivity index (χ0n) is 18.7. The number of hydrogen-bond acceptors (Lipinski definition) is 7. The molecule has 5 rings (SSSR count). The van der Waals surface area contributed by atoms with E-state index in [1.54, 1.807) is 36.5 Å². The molecule has 1 unspecified atom stereocenters. The third kappa shape index (κ3) is 4.43. The standard InChI is InChI=1S/C25H24FN5O2S/c1-18-15-30(22-4-2-3-20(26)14-22)11-12-31(18)25-24-6-5-23(13-19(24)7-10-28-25)34(32,33)16-21-8-9-27-17-29-21/h2-10,13-14,17-18H,11-12,15-16H2,1H3. The van der Waals surface area contributed by atoms with Crippen molar-refractivity contribution in [3.63, 3.8) is 0 Å². The van der Waals surface area contributed by atoms with Gasteiger partial charge in [-0.25, -0.2) is 27.8 Å². The summed E-state index contributed by atoms with van der Waals surface area (Å²) < 4.78 is 39.6. The van der Waals surface area contributed by atoms with Crippen LogP contribution in [0.2, 0.25) is 0 Å². The van der Waals surface area contributed by atoms with Gasteiger partial charge in [0.05, 0.1) is 16.3 Å². The Bertz CT molecular complexity index is 1430. The molecule has 1 atom stereocenters. The summed E-state index contributed by atoms with van der Waals surface area (Å²) in [5.74, 6) is 0.398. The van der Waals surface area contributed by atoms with Gasteiger partial charge in [0.15, 0.2) is 9.84 Å². The van der Waals surface area contributed by atoms with E-state index >= 15 is 0 Å². The quantitative estimate of drug-likeness (QED) is 0.432. The van der Waals surface area contributed by atoms with Gasteiger partial charge in [-0.2, -0.15) is 0 Å². The third-order valence-electron chi connectivity index (χ3n) is 6.13. The van der Waals surface area contributed by atoms with Crippen molar-refractivity contribution in [2.45, 2.75) is 23.6 Å². The Labute approximate surface area is 197 Å². The third-order valence-corrected chi connectivity index (χ3v) is 7.78. The van der Waals surface area contributed by atoms with E-state index in [1.165, 1.54) is 18.6 Å². The maximum Gasteiger partial charge on any atom is 0.184 e. The second-order valence-corrected chi connectivity index (χ2v) is 10.4. The molecule has 2 aromatic carbocycles. The molecule has 1 fully saturated rings. The highest BCUT2D eigenvalue weighted by molar-refractivity contribution is 7.90. The SMILES string of the molecule is CC1CN(c2cccc(F)c2)CCN1c1nccc2cc(S(=O)(=O)Cc3ccncn3)ccc12. The monoisotopic (exact) mass is 477 g/mol. The molecule has 0 aliphatic carbocycles. The van der Waals surface area contributed by atoms with E-state index in [0.717, 1.165) is 41.9 Å². The van der Waals surface area contributed by atoms with Crippen LogP contribution in [0.3, 0.4) is 0 Å². The summed E-state index contributed by atoms with van der Waals surface area (Å²) in [6.07, 6.45) is 4.59. The summed E-state index contributed by atoms with van der Waals surface area (Å²) in [4.78, 5) is 17.2. The zero-order chi connectivity index (χ0) is 23.7. The molecular formula is C25H24FN5O2S. The van der Waals surface area contributed by atoms with Crippen molar-refractivity contribution in [2.24, 2.45) is 0 Å². The molecule has 1 aliphatic rings. The van der Waals surface area contributed by atoms with Crippen LogP contribution in [0.1, 0.15) is 12.6 Å². The molecule has 0 saturated carbocycles. The van der Waals surface area contributed by atoms with E-state index in [0.29, 0.717) is 5.69 Å². The largest absolute Gasteiger partial charge is 0.368 e. The molecule has 4 aromatic rings. The summed E-state index contributed by atoms with van der Waals surface area (Å²) in [6, 6.07) is 15.4. The van der Waals surface area contributed by atoms with Crippen molar-refractivity contribution in [3.8, 4) is 0 Å². The van der Waals surface area contributed by atoms with Gasteiger partial charge in [-0.1, -0.05) is 6.07 Å². The summed E-state index contributed by atoms with van der Waals surface area (Å²) in [5, 5.41) is 1.71. The minimum absolute atomic E-state index is 0.135. The summed E-state index contributed by atoms with van der Waals surface area (Å²) >= 11 is 0. The fourth-order valence-corrected chi connectivity index (χ4v) is 5.73. The van der Waals surface area contributed by atoms with Crippen LogP contribution in [0.15, 0.2) is 78.2 Å². The van der Waals surface area contributed by atoms with Gasteiger partial charge in [-0.3, -0.25) is 0 Å². The maximum absolute atomic E-state index is 13.7. The van der Waals surface area contributed by atoms with Gasteiger partial charge in [-0.05, 0) is 60.8 Å². The maximum atomic E-state index is 13.7. The number of sulfone groups is 1.